The van der Waals surface area contributed by atoms with Crippen LogP contribution < -0.4 is 10.0 Å². The van der Waals surface area contributed by atoms with Gasteiger partial charge in [0.15, 0.2) is 0 Å². The van der Waals surface area contributed by atoms with Crippen LogP contribution in [0.4, 0.5) is 5.69 Å². The van der Waals surface area contributed by atoms with E-state index in [9.17, 15) is 13.2 Å². The second-order valence-electron chi connectivity index (χ2n) is 6.55. The number of nitrogens with zero attached hydrogens (tertiary/aromatic N) is 1. The van der Waals surface area contributed by atoms with E-state index in [0.717, 1.165) is 18.7 Å². The van der Waals surface area contributed by atoms with E-state index in [4.69, 9.17) is 0 Å². The Labute approximate surface area is 166 Å². The predicted octanol–water partition coefficient (Wildman–Crippen LogP) is 2.65. The SMILES string of the molecule is Cc1ccc(NS(=O)(=O)c2ccc(C(=O)N3CCNC[C@H]3C)cc2)cc1.Cl. The van der Waals surface area contributed by atoms with Crippen molar-refractivity contribution in [3.8, 4) is 0 Å². The van der Waals surface area contributed by atoms with Crippen molar-refractivity contribution in [2.24, 2.45) is 0 Å². The predicted molar refractivity (Wildman–Crippen MR) is 109 cm³/mol. The number of piperazine rings is 1. The molecule has 1 atom stereocenters. The molecule has 0 unspecified atom stereocenters. The van der Waals surface area contributed by atoms with Crippen LogP contribution >= 0.6 is 12.4 Å². The van der Waals surface area contributed by atoms with Crippen LogP contribution in [-0.4, -0.2) is 44.9 Å². The van der Waals surface area contributed by atoms with Crippen LogP contribution in [0.3, 0.4) is 0 Å². The molecular weight excluding hydrogens is 386 g/mol. The molecule has 6 nitrogen and oxygen atoms in total. The lowest BCUT2D eigenvalue weighted by molar-refractivity contribution is 0.0655. The van der Waals surface area contributed by atoms with E-state index in [0.29, 0.717) is 17.8 Å². The van der Waals surface area contributed by atoms with Gasteiger partial charge in [0.1, 0.15) is 0 Å². The topological polar surface area (TPSA) is 78.5 Å². The maximum Gasteiger partial charge on any atom is 0.261 e. The third kappa shape index (κ3) is 5.00. The molecule has 1 aliphatic rings. The quantitative estimate of drug-likeness (QED) is 0.813. The van der Waals surface area contributed by atoms with Gasteiger partial charge in [-0.05, 0) is 50.2 Å². The first-order chi connectivity index (χ1) is 12.4. The van der Waals surface area contributed by atoms with Gasteiger partial charge in [0.25, 0.3) is 15.9 Å². The van der Waals surface area contributed by atoms with Crippen molar-refractivity contribution in [3.05, 3.63) is 59.7 Å². The van der Waals surface area contributed by atoms with Crippen LogP contribution in [0.5, 0.6) is 0 Å². The number of carbonyl (C=O) groups excluding carboxylic acids is 1. The zero-order valence-electron chi connectivity index (χ0n) is 15.3. The summed E-state index contributed by atoms with van der Waals surface area (Å²) in [5, 5.41) is 3.24. The van der Waals surface area contributed by atoms with E-state index in [1.54, 1.807) is 24.3 Å². The zero-order valence-corrected chi connectivity index (χ0v) is 16.9. The molecule has 2 aromatic carbocycles. The highest BCUT2D eigenvalue weighted by atomic mass is 35.5. The molecule has 2 N–H and O–H groups in total. The Kier molecular flexibility index (Phi) is 6.86. The molecule has 1 heterocycles. The fraction of sp³-hybridized carbons (Fsp3) is 0.316. The Morgan fingerprint density at radius 3 is 2.33 bits per heavy atom. The van der Waals surface area contributed by atoms with Crippen molar-refractivity contribution in [1.82, 2.24) is 10.2 Å². The molecule has 1 saturated heterocycles. The van der Waals surface area contributed by atoms with E-state index < -0.39 is 10.0 Å². The average Bonchev–Trinajstić information content (AvgIpc) is 2.63. The van der Waals surface area contributed by atoms with E-state index in [2.05, 4.69) is 10.0 Å². The van der Waals surface area contributed by atoms with Crippen LogP contribution in [0.15, 0.2) is 53.4 Å². The summed E-state index contributed by atoms with van der Waals surface area (Å²) in [6.45, 7) is 6.11. The molecule has 0 spiro atoms. The average molecular weight is 410 g/mol. The van der Waals surface area contributed by atoms with Gasteiger partial charge in [-0.25, -0.2) is 8.42 Å². The minimum absolute atomic E-state index is 0. The van der Waals surface area contributed by atoms with Gasteiger partial charge in [-0.1, -0.05) is 17.7 Å². The number of hydrogen-bond donors (Lipinski definition) is 2. The first-order valence-corrected chi connectivity index (χ1v) is 10.1. The molecule has 0 radical (unpaired) electrons. The molecule has 2 aromatic rings. The van der Waals surface area contributed by atoms with Crippen molar-refractivity contribution in [2.75, 3.05) is 24.4 Å². The second-order valence-corrected chi connectivity index (χ2v) is 8.23. The van der Waals surface area contributed by atoms with Gasteiger partial charge in [-0.2, -0.15) is 0 Å². The van der Waals surface area contributed by atoms with Crippen molar-refractivity contribution in [2.45, 2.75) is 24.8 Å². The molecular formula is C19H24ClN3O3S. The third-order valence-electron chi connectivity index (χ3n) is 4.48. The van der Waals surface area contributed by atoms with Gasteiger partial charge < -0.3 is 10.2 Å². The molecule has 1 amide bonds. The normalized spacial score (nSPS) is 17.1. The molecule has 0 saturated carbocycles. The number of rotatable bonds is 4. The van der Waals surface area contributed by atoms with Crippen molar-refractivity contribution < 1.29 is 13.2 Å². The van der Waals surface area contributed by atoms with Crippen LogP contribution in [0, 0.1) is 6.92 Å². The lowest BCUT2D eigenvalue weighted by Crippen LogP contribution is -2.52. The lowest BCUT2D eigenvalue weighted by atomic mass is 10.1. The largest absolute Gasteiger partial charge is 0.333 e. The Morgan fingerprint density at radius 1 is 1.11 bits per heavy atom. The van der Waals surface area contributed by atoms with Gasteiger partial charge in [-0.15, -0.1) is 12.4 Å². The van der Waals surface area contributed by atoms with Gasteiger partial charge in [-0.3, -0.25) is 9.52 Å². The summed E-state index contributed by atoms with van der Waals surface area (Å²) in [5.74, 6) is -0.0746. The minimum Gasteiger partial charge on any atom is -0.333 e. The van der Waals surface area contributed by atoms with Gasteiger partial charge >= 0.3 is 0 Å². The zero-order chi connectivity index (χ0) is 18.7. The van der Waals surface area contributed by atoms with Crippen LogP contribution in [-0.2, 0) is 10.0 Å². The molecule has 0 bridgehead atoms. The van der Waals surface area contributed by atoms with Crippen LogP contribution in [0.1, 0.15) is 22.8 Å². The van der Waals surface area contributed by atoms with Crippen molar-refractivity contribution in [3.63, 3.8) is 0 Å². The second kappa shape index (κ2) is 8.73. The monoisotopic (exact) mass is 409 g/mol. The number of hydrogen-bond acceptors (Lipinski definition) is 4. The first-order valence-electron chi connectivity index (χ1n) is 8.58. The first kappa shape index (κ1) is 21.2. The minimum atomic E-state index is -3.69. The summed E-state index contributed by atoms with van der Waals surface area (Å²) >= 11 is 0. The molecule has 8 heteroatoms. The van der Waals surface area contributed by atoms with Gasteiger partial charge in [0.2, 0.25) is 0 Å². The number of amides is 1. The lowest BCUT2D eigenvalue weighted by Gasteiger charge is -2.34. The molecule has 146 valence electrons. The number of benzene rings is 2. The van der Waals surface area contributed by atoms with E-state index in [1.807, 2.05) is 30.9 Å². The third-order valence-corrected chi connectivity index (χ3v) is 5.87. The van der Waals surface area contributed by atoms with Crippen molar-refractivity contribution in [1.29, 1.82) is 0 Å². The summed E-state index contributed by atoms with van der Waals surface area (Å²) in [6, 6.07) is 13.3. The van der Waals surface area contributed by atoms with Gasteiger partial charge in [0, 0.05) is 36.9 Å². The number of aryl methyl sites for hydroxylation is 1. The van der Waals surface area contributed by atoms with Gasteiger partial charge in [0.05, 0.1) is 4.90 Å². The molecule has 1 fully saturated rings. The fourth-order valence-electron chi connectivity index (χ4n) is 2.92. The summed E-state index contributed by atoms with van der Waals surface area (Å²) in [4.78, 5) is 14.6. The Morgan fingerprint density at radius 2 is 1.74 bits per heavy atom. The van der Waals surface area contributed by atoms with Crippen LogP contribution in [0.2, 0.25) is 0 Å². The number of carbonyl (C=O) groups is 1. The number of nitrogens with one attached hydrogen (secondary N) is 2. The molecule has 0 aliphatic carbocycles. The highest BCUT2D eigenvalue weighted by molar-refractivity contribution is 7.92. The smallest absolute Gasteiger partial charge is 0.261 e. The van der Waals surface area contributed by atoms with Crippen molar-refractivity contribution >= 4 is 34.0 Å². The summed E-state index contributed by atoms with van der Waals surface area (Å²) in [6.07, 6.45) is 0. The number of sulfonamides is 1. The molecule has 3 rings (SSSR count). The fourth-order valence-corrected chi connectivity index (χ4v) is 3.98. The number of anilines is 1. The summed E-state index contributed by atoms with van der Waals surface area (Å²) in [5.41, 5.74) is 2.05. The summed E-state index contributed by atoms with van der Waals surface area (Å²) < 4.78 is 27.6. The molecule has 27 heavy (non-hydrogen) atoms. The Bertz CT molecular complexity index is 883. The standard InChI is InChI=1S/C19H23N3O3S.ClH/c1-14-3-7-17(8-4-14)21-26(24,25)18-9-5-16(6-10-18)19(23)22-12-11-20-13-15(22)2;/h3-10,15,20-21H,11-13H2,1-2H3;1H/t15-;/m1./s1. The van der Waals surface area contributed by atoms with E-state index in [1.165, 1.54) is 12.1 Å². The maximum absolute atomic E-state index is 12.6. The number of halogens is 1. The van der Waals surface area contributed by atoms with E-state index in [-0.39, 0.29) is 29.3 Å². The highest BCUT2D eigenvalue weighted by Crippen LogP contribution is 2.18. The molecule has 0 aromatic heterocycles. The summed E-state index contributed by atoms with van der Waals surface area (Å²) in [7, 11) is -3.69. The Balaban J connectivity index is 0.00000261. The Hall–Kier alpha value is -2.09. The molecule has 1 aliphatic heterocycles. The maximum atomic E-state index is 12.6. The highest BCUT2D eigenvalue weighted by Gasteiger charge is 2.24. The van der Waals surface area contributed by atoms with E-state index >= 15 is 0 Å². The van der Waals surface area contributed by atoms with Crippen LogP contribution in [0.25, 0.3) is 0 Å².